The van der Waals surface area contributed by atoms with Gasteiger partial charge >= 0.3 is 0 Å². The molecule has 3 heteroatoms. The van der Waals surface area contributed by atoms with Crippen molar-refractivity contribution in [3.63, 3.8) is 0 Å². The zero-order chi connectivity index (χ0) is 45.3. The Kier molecular flexibility index (Phi) is 10.7. The summed E-state index contributed by atoms with van der Waals surface area (Å²) in [4.78, 5) is 15.7. The number of hydrogen-bond donors (Lipinski definition) is 0. The van der Waals surface area contributed by atoms with Crippen LogP contribution in [0.2, 0.25) is 0 Å². The number of allylic oxidation sites excluding steroid dienone is 7. The van der Waals surface area contributed by atoms with E-state index in [2.05, 4.69) is 208 Å². The lowest BCUT2D eigenvalue weighted by atomic mass is 9.67. The van der Waals surface area contributed by atoms with Crippen LogP contribution >= 0.6 is 0 Å². The molecule has 318 valence electrons. The van der Waals surface area contributed by atoms with Gasteiger partial charge in [-0.25, -0.2) is 15.0 Å². The second kappa shape index (κ2) is 17.5. The quantitative estimate of drug-likeness (QED) is 0.0781. The Balaban J connectivity index is 1.00. The molecule has 0 fully saturated rings. The summed E-state index contributed by atoms with van der Waals surface area (Å²) in [5.74, 6) is 0. The van der Waals surface area contributed by atoms with Crippen LogP contribution < -0.4 is 0 Å². The Hall–Kier alpha value is -8.53. The third-order valence-corrected chi connectivity index (χ3v) is 13.2. The van der Waals surface area contributed by atoms with E-state index in [4.69, 9.17) is 15.0 Å². The molecule has 0 spiro atoms. The molecule has 3 nitrogen and oxygen atoms in total. The first-order chi connectivity index (χ1) is 33.0. The number of para-hydroxylation sites is 2. The maximum absolute atomic E-state index is 5.46. The topological polar surface area (TPSA) is 38.1 Å². The highest BCUT2D eigenvalue weighted by Crippen LogP contribution is 2.57. The number of aliphatic imine (C=N–C) groups is 1. The van der Waals surface area contributed by atoms with Gasteiger partial charge in [0.15, 0.2) is 0 Å². The van der Waals surface area contributed by atoms with Gasteiger partial charge in [0.05, 0.1) is 39.2 Å². The lowest BCUT2D eigenvalue weighted by Crippen LogP contribution is -2.28. The Morgan fingerprint density at radius 1 is 0.522 bits per heavy atom. The van der Waals surface area contributed by atoms with Crippen molar-refractivity contribution < 1.29 is 0 Å². The number of aromatic nitrogens is 2. The molecule has 11 rings (SSSR count). The fraction of sp³-hybridized carbons (Fsp3) is 0.0469. The first-order valence-corrected chi connectivity index (χ1v) is 22.9. The van der Waals surface area contributed by atoms with Crippen molar-refractivity contribution in [3.8, 4) is 33.6 Å². The molecule has 1 aliphatic carbocycles. The number of nitrogens with zero attached hydrogens (tertiary/aromatic N) is 3. The van der Waals surface area contributed by atoms with Crippen LogP contribution in [-0.4, -0.2) is 15.7 Å². The van der Waals surface area contributed by atoms with Crippen molar-refractivity contribution in [2.24, 2.45) is 4.99 Å². The van der Waals surface area contributed by atoms with Gasteiger partial charge in [-0.15, -0.1) is 0 Å². The molecule has 0 unspecified atom stereocenters. The van der Waals surface area contributed by atoms with E-state index < -0.39 is 5.41 Å². The van der Waals surface area contributed by atoms with Gasteiger partial charge in [0.25, 0.3) is 0 Å². The Morgan fingerprint density at radius 3 is 1.97 bits per heavy atom. The second-order valence-corrected chi connectivity index (χ2v) is 17.0. The van der Waals surface area contributed by atoms with Crippen LogP contribution in [0.4, 0.5) is 5.69 Å². The van der Waals surface area contributed by atoms with Gasteiger partial charge in [-0.05, 0) is 112 Å². The van der Waals surface area contributed by atoms with Crippen LogP contribution in [0, 0.1) is 0 Å². The number of fused-ring (bicyclic) bond motifs is 7. The van der Waals surface area contributed by atoms with E-state index >= 15 is 0 Å². The van der Waals surface area contributed by atoms with Gasteiger partial charge in [-0.2, -0.15) is 0 Å². The average molecular weight is 858 g/mol. The molecule has 0 aliphatic heterocycles. The van der Waals surface area contributed by atoms with E-state index in [0.29, 0.717) is 0 Å². The van der Waals surface area contributed by atoms with Crippen molar-refractivity contribution in [2.75, 3.05) is 0 Å². The molecule has 1 aliphatic rings. The highest BCUT2D eigenvalue weighted by molar-refractivity contribution is 6.14. The summed E-state index contributed by atoms with van der Waals surface area (Å²) in [6, 6.07) is 73.7. The first kappa shape index (κ1) is 41.2. The molecule has 0 N–H and O–H groups in total. The summed E-state index contributed by atoms with van der Waals surface area (Å²) >= 11 is 0. The molecule has 8 aromatic carbocycles. The van der Waals surface area contributed by atoms with Gasteiger partial charge in [0, 0.05) is 27.3 Å². The number of rotatable bonds is 10. The summed E-state index contributed by atoms with van der Waals surface area (Å²) in [7, 11) is 0. The lowest BCUT2D eigenvalue weighted by Gasteiger charge is -2.34. The van der Waals surface area contributed by atoms with Gasteiger partial charge in [-0.1, -0.05) is 201 Å². The van der Waals surface area contributed by atoms with E-state index in [0.717, 1.165) is 77.8 Å². The van der Waals surface area contributed by atoms with Crippen molar-refractivity contribution in [2.45, 2.75) is 19.3 Å². The average Bonchev–Trinajstić information content (AvgIpc) is 3.68. The number of benzene rings is 8. The van der Waals surface area contributed by atoms with Gasteiger partial charge in [-0.3, -0.25) is 0 Å². The molecule has 2 aromatic heterocycles. The largest absolute Gasteiger partial charge is 0.247 e. The normalized spacial score (nSPS) is 13.5. The predicted molar refractivity (Wildman–Crippen MR) is 283 cm³/mol. The SMILES string of the molecule is C=C(/C=C\C(=C/C)c1cccc(-c2nc3ccccc3c3cc4c(cc23)-c2ccccc2C4(c2ccccc2)c2ccccc2)c1)C(/C=C\C)=N/c1cccc2ccc(-c3ccccc3)nc12. The lowest BCUT2D eigenvalue weighted by molar-refractivity contribution is 0.769. The highest BCUT2D eigenvalue weighted by Gasteiger charge is 2.46. The minimum Gasteiger partial charge on any atom is -0.247 e. The summed E-state index contributed by atoms with van der Waals surface area (Å²) in [6.45, 7) is 8.60. The van der Waals surface area contributed by atoms with E-state index in [1.165, 1.54) is 38.8 Å². The van der Waals surface area contributed by atoms with E-state index in [1.807, 2.05) is 49.4 Å². The van der Waals surface area contributed by atoms with Crippen LogP contribution in [0.3, 0.4) is 0 Å². The molecular weight excluding hydrogens is 811 g/mol. The summed E-state index contributed by atoms with van der Waals surface area (Å²) in [5.41, 5.74) is 17.4. The maximum Gasteiger partial charge on any atom is 0.0966 e. The number of hydrogen-bond acceptors (Lipinski definition) is 3. The molecular formula is C64H47N3. The summed E-state index contributed by atoms with van der Waals surface area (Å²) in [5, 5.41) is 4.48. The summed E-state index contributed by atoms with van der Waals surface area (Å²) in [6.07, 6.45) is 10.4. The monoisotopic (exact) mass is 857 g/mol. The molecule has 0 saturated heterocycles. The molecule has 0 atom stereocenters. The van der Waals surface area contributed by atoms with Crippen LogP contribution in [0.1, 0.15) is 41.7 Å². The molecule has 67 heavy (non-hydrogen) atoms. The Bertz CT molecular complexity index is 3610. The van der Waals surface area contributed by atoms with E-state index in [9.17, 15) is 0 Å². The summed E-state index contributed by atoms with van der Waals surface area (Å²) < 4.78 is 0. The third kappa shape index (κ3) is 7.22. The predicted octanol–water partition coefficient (Wildman–Crippen LogP) is 16.5. The van der Waals surface area contributed by atoms with Gasteiger partial charge in [0.2, 0.25) is 0 Å². The molecule has 0 bridgehead atoms. The van der Waals surface area contributed by atoms with Crippen molar-refractivity contribution in [1.82, 2.24) is 9.97 Å². The van der Waals surface area contributed by atoms with E-state index in [1.54, 1.807) is 0 Å². The van der Waals surface area contributed by atoms with Crippen LogP contribution in [0.5, 0.6) is 0 Å². The standard InChI is InChI=1S/C64H47N3/c1-4-21-58(65-61-35-20-24-46-38-39-59(66-63(46)61)45-22-9-6-10-23-45)43(3)36-37-44(5-2)47-25-19-26-48(40-47)62-55-41-54-51-31-15-17-33-56(51)64(49-27-11-7-12-28-49,50-29-13-8-14-30-50)57(54)42-53(55)52-32-16-18-34-60(52)67-62/h4-42H,3H2,1-2H3/b21-4-,37-36-,44-5+,65-58+. The minimum absolute atomic E-state index is 0.501. The highest BCUT2D eigenvalue weighted by atomic mass is 14.8. The van der Waals surface area contributed by atoms with Crippen LogP contribution in [-0.2, 0) is 5.41 Å². The minimum atomic E-state index is -0.501. The molecule has 2 heterocycles. The molecule has 0 saturated carbocycles. The Morgan fingerprint density at radius 2 is 1.21 bits per heavy atom. The molecule has 10 aromatic rings. The zero-order valence-electron chi connectivity index (χ0n) is 37.6. The van der Waals surface area contributed by atoms with Crippen LogP contribution in [0.15, 0.2) is 254 Å². The van der Waals surface area contributed by atoms with Crippen molar-refractivity contribution >= 4 is 49.6 Å². The Labute approximate surface area is 392 Å². The van der Waals surface area contributed by atoms with E-state index in [-0.39, 0.29) is 0 Å². The number of pyridine rings is 2. The second-order valence-electron chi connectivity index (χ2n) is 17.0. The van der Waals surface area contributed by atoms with Crippen LogP contribution in [0.25, 0.3) is 71.8 Å². The first-order valence-electron chi connectivity index (χ1n) is 22.9. The fourth-order valence-electron chi connectivity index (χ4n) is 10.1. The van der Waals surface area contributed by atoms with Crippen molar-refractivity contribution in [1.29, 1.82) is 0 Å². The third-order valence-electron chi connectivity index (χ3n) is 13.2. The zero-order valence-corrected chi connectivity index (χ0v) is 37.6. The smallest absolute Gasteiger partial charge is 0.0966 e. The fourth-order valence-corrected chi connectivity index (χ4v) is 10.1. The maximum atomic E-state index is 5.46. The molecule has 0 amide bonds. The van der Waals surface area contributed by atoms with Gasteiger partial charge in [0.1, 0.15) is 0 Å². The van der Waals surface area contributed by atoms with Crippen molar-refractivity contribution in [3.05, 3.63) is 277 Å². The van der Waals surface area contributed by atoms with Gasteiger partial charge < -0.3 is 0 Å². The molecule has 0 radical (unpaired) electrons.